The number of phenols is 1. The highest BCUT2D eigenvalue weighted by Gasteiger charge is 2.64. The van der Waals surface area contributed by atoms with Crippen molar-refractivity contribution in [3.63, 3.8) is 0 Å². The molecule has 1 saturated carbocycles. The summed E-state index contributed by atoms with van der Waals surface area (Å²) < 4.78 is 5.92. The number of ether oxygens (including phenoxy) is 1. The summed E-state index contributed by atoms with van der Waals surface area (Å²) in [5, 5.41) is 46.6. The second-order valence-electron chi connectivity index (χ2n) is 14.8. The number of hydrogen-bond acceptors (Lipinski definition) is 12. The van der Waals surface area contributed by atoms with Crippen molar-refractivity contribution >= 4 is 28.9 Å². The number of phenolic OH excluding ortho intramolecular Hbond substituents is 1. The molecule has 13 nitrogen and oxygen atoms in total. The Balaban J connectivity index is 1.35. The van der Waals surface area contributed by atoms with Crippen molar-refractivity contribution in [2.24, 2.45) is 17.6 Å². The van der Waals surface area contributed by atoms with Gasteiger partial charge in [0.25, 0.3) is 5.91 Å². The van der Waals surface area contributed by atoms with Crippen LogP contribution in [0.2, 0.25) is 0 Å². The molecule has 2 saturated heterocycles. The molecule has 0 bridgehead atoms. The summed E-state index contributed by atoms with van der Waals surface area (Å²) in [7, 11) is 6.93. The first kappa shape index (κ1) is 34.4. The van der Waals surface area contributed by atoms with Gasteiger partial charge < -0.3 is 35.8 Å². The third-order valence-corrected chi connectivity index (χ3v) is 11.2. The van der Waals surface area contributed by atoms with Crippen LogP contribution in [0.5, 0.6) is 5.75 Å². The van der Waals surface area contributed by atoms with Crippen molar-refractivity contribution in [1.82, 2.24) is 14.7 Å². The van der Waals surface area contributed by atoms with Crippen molar-refractivity contribution in [2.45, 2.75) is 76.0 Å². The first-order valence-corrected chi connectivity index (χ1v) is 16.9. The Morgan fingerprint density at radius 2 is 1.69 bits per heavy atom. The maximum atomic E-state index is 14.3. The molecule has 6 rings (SSSR count). The zero-order valence-corrected chi connectivity index (χ0v) is 28.7. The summed E-state index contributed by atoms with van der Waals surface area (Å²) >= 11 is 0. The molecule has 0 radical (unpaired) electrons. The highest BCUT2D eigenvalue weighted by molar-refractivity contribution is 6.24. The number of ketones is 2. The van der Waals surface area contributed by atoms with Crippen LogP contribution < -0.4 is 10.6 Å². The molecule has 1 aromatic rings. The van der Waals surface area contributed by atoms with Gasteiger partial charge in [-0.2, -0.15) is 0 Å². The van der Waals surface area contributed by atoms with Crippen LogP contribution in [-0.4, -0.2) is 137 Å². The second kappa shape index (κ2) is 12.4. The van der Waals surface area contributed by atoms with Gasteiger partial charge >= 0.3 is 0 Å². The topological polar surface area (TPSA) is 180 Å². The van der Waals surface area contributed by atoms with E-state index in [1.165, 1.54) is 4.90 Å². The van der Waals surface area contributed by atoms with Gasteiger partial charge in [-0.05, 0) is 84.3 Å². The fourth-order valence-electron chi connectivity index (χ4n) is 9.06. The Bertz CT molecular complexity index is 1590. The Morgan fingerprint density at radius 3 is 2.25 bits per heavy atom. The van der Waals surface area contributed by atoms with E-state index in [1.807, 2.05) is 25.1 Å². The van der Waals surface area contributed by atoms with Gasteiger partial charge in [-0.15, -0.1) is 0 Å². The summed E-state index contributed by atoms with van der Waals surface area (Å²) in [6.07, 6.45) is 2.67. The number of piperidine rings is 1. The van der Waals surface area contributed by atoms with E-state index >= 15 is 0 Å². The molecule has 2 unspecified atom stereocenters. The van der Waals surface area contributed by atoms with Crippen LogP contribution in [0.15, 0.2) is 23.0 Å². The molecule has 6 atom stereocenters. The molecule has 6 N–H and O–H groups in total. The van der Waals surface area contributed by atoms with Crippen LogP contribution >= 0.6 is 0 Å². The van der Waals surface area contributed by atoms with E-state index in [9.17, 15) is 34.8 Å². The van der Waals surface area contributed by atoms with E-state index in [0.717, 1.165) is 44.7 Å². The lowest BCUT2D eigenvalue weighted by Gasteiger charge is -2.50. The standard InChI is InChI=1S/C35H49N5O8/c1-17-14-40(15-18(2)48-17)21-7-9-39(10-8-21)16-20-13-24(37(3)4)22-11-19-12-23-28(38(5)6)31(43)27(34(36)46)33(45)35(23,47)32(44)25(19)30(42)26(22)29(20)41/h13,17-19,21,23,28,41-42,45,47H,7-12,14-16H2,1-6H3,(H2,36,46)/t17?,18?,19-,23-,28-,35-/m0/s1. The summed E-state index contributed by atoms with van der Waals surface area (Å²) in [6, 6.07) is 1.28. The Hall–Kier alpha value is -3.49. The van der Waals surface area contributed by atoms with Crippen LogP contribution in [0.1, 0.15) is 49.8 Å². The van der Waals surface area contributed by atoms with Gasteiger partial charge in [0.1, 0.15) is 22.8 Å². The molecule has 2 aliphatic heterocycles. The average molecular weight is 668 g/mol. The van der Waals surface area contributed by atoms with E-state index in [1.54, 1.807) is 14.1 Å². The van der Waals surface area contributed by atoms with Gasteiger partial charge in [0.2, 0.25) is 5.78 Å². The smallest absolute Gasteiger partial charge is 0.255 e. The van der Waals surface area contributed by atoms with Gasteiger partial charge in [0.15, 0.2) is 11.4 Å². The SMILES string of the molecule is CC1CN(C2CCN(Cc3cc(N(C)C)c4c(c3O)C(O)=C3C(=O)[C@]5(O)C(O)=C(C(N)=O)C(=O)[C@@H](N(C)C)[C@@H]5C[C@@H]3C4)CC2)CC(C)O1. The lowest BCUT2D eigenvalue weighted by Crippen LogP contribution is -2.65. The minimum absolute atomic E-state index is 0.0524. The summed E-state index contributed by atoms with van der Waals surface area (Å²) in [5.74, 6) is -6.46. The summed E-state index contributed by atoms with van der Waals surface area (Å²) in [5.41, 5.74) is 3.98. The zero-order valence-electron chi connectivity index (χ0n) is 28.7. The monoisotopic (exact) mass is 667 g/mol. The van der Waals surface area contributed by atoms with Crippen molar-refractivity contribution in [3.8, 4) is 5.75 Å². The molecule has 0 spiro atoms. The number of primary amides is 1. The lowest BCUT2D eigenvalue weighted by molar-refractivity contribution is -0.153. The van der Waals surface area contributed by atoms with Crippen LogP contribution in [-0.2, 0) is 32.1 Å². The minimum Gasteiger partial charge on any atom is -0.508 e. The predicted octanol–water partition coefficient (Wildman–Crippen LogP) is 1.10. The molecule has 48 heavy (non-hydrogen) atoms. The minimum atomic E-state index is -2.66. The highest BCUT2D eigenvalue weighted by Crippen LogP contribution is 2.54. The number of morpholine rings is 1. The average Bonchev–Trinajstić information content (AvgIpc) is 2.99. The van der Waals surface area contributed by atoms with Gasteiger partial charge in [-0.3, -0.25) is 29.1 Å². The van der Waals surface area contributed by atoms with Crippen LogP contribution in [0.4, 0.5) is 5.69 Å². The van der Waals surface area contributed by atoms with Gasteiger partial charge in [0, 0.05) is 62.5 Å². The first-order valence-electron chi connectivity index (χ1n) is 16.9. The number of likely N-dealkylation sites (tertiary alicyclic amines) is 1. The Morgan fingerprint density at radius 1 is 1.06 bits per heavy atom. The number of anilines is 1. The highest BCUT2D eigenvalue weighted by atomic mass is 16.5. The molecular weight excluding hydrogens is 618 g/mol. The fraction of sp³-hybridized carbons (Fsp3) is 0.629. The largest absolute Gasteiger partial charge is 0.508 e. The normalized spacial score (nSPS) is 32.0. The van der Waals surface area contributed by atoms with Crippen molar-refractivity contribution in [3.05, 3.63) is 39.7 Å². The quantitative estimate of drug-likeness (QED) is 0.273. The number of likely N-dealkylation sites (N-methyl/N-ethyl adjacent to an activating group) is 1. The third-order valence-electron chi connectivity index (χ3n) is 11.2. The summed E-state index contributed by atoms with van der Waals surface area (Å²) in [6.45, 7) is 8.16. The molecule has 2 heterocycles. The number of nitrogens with two attached hydrogens (primary N) is 1. The first-order chi connectivity index (χ1) is 22.6. The van der Waals surface area contributed by atoms with Crippen molar-refractivity contribution in [1.29, 1.82) is 0 Å². The molecule has 0 aromatic heterocycles. The number of carbonyl (C=O) groups excluding carboxylic acids is 3. The molecule has 1 aromatic carbocycles. The number of fused-ring (bicyclic) bond motifs is 3. The number of hydrogen-bond donors (Lipinski definition) is 5. The molecular formula is C35H49N5O8. The summed E-state index contributed by atoms with van der Waals surface area (Å²) in [4.78, 5) is 48.1. The molecule has 3 aliphatic carbocycles. The fourth-order valence-corrected chi connectivity index (χ4v) is 9.06. The van der Waals surface area contributed by atoms with E-state index in [-0.39, 0.29) is 41.9 Å². The third kappa shape index (κ3) is 5.40. The maximum Gasteiger partial charge on any atom is 0.255 e. The zero-order chi connectivity index (χ0) is 35.0. The number of aromatic hydroxyl groups is 1. The molecule has 13 heteroatoms. The lowest BCUT2D eigenvalue weighted by atomic mass is 9.57. The number of aliphatic hydroxyl groups is 3. The van der Waals surface area contributed by atoms with E-state index in [4.69, 9.17) is 10.5 Å². The number of Topliss-reactive ketones (excluding diaryl/α,β-unsaturated/α-hetero) is 2. The van der Waals surface area contributed by atoms with E-state index in [0.29, 0.717) is 23.7 Å². The molecule has 1 amide bonds. The second-order valence-corrected chi connectivity index (χ2v) is 14.8. The van der Waals surface area contributed by atoms with Gasteiger partial charge in [-0.25, -0.2) is 0 Å². The number of aliphatic hydroxyl groups excluding tert-OH is 2. The maximum absolute atomic E-state index is 14.3. The van der Waals surface area contributed by atoms with Gasteiger partial charge in [0.05, 0.1) is 23.8 Å². The molecule has 3 fully saturated rings. The number of rotatable bonds is 6. The number of benzene rings is 1. The number of amides is 1. The van der Waals surface area contributed by atoms with E-state index in [2.05, 4.69) is 23.6 Å². The van der Waals surface area contributed by atoms with Crippen LogP contribution in [0, 0.1) is 11.8 Å². The Kier molecular flexibility index (Phi) is 8.91. The van der Waals surface area contributed by atoms with Crippen LogP contribution in [0.3, 0.4) is 0 Å². The number of carbonyl (C=O) groups is 3. The van der Waals surface area contributed by atoms with Crippen molar-refractivity contribution in [2.75, 3.05) is 59.3 Å². The predicted molar refractivity (Wildman–Crippen MR) is 178 cm³/mol. The van der Waals surface area contributed by atoms with E-state index < -0.39 is 58.0 Å². The Labute approximate surface area is 281 Å². The van der Waals surface area contributed by atoms with Crippen LogP contribution in [0.25, 0.3) is 5.76 Å². The van der Waals surface area contributed by atoms with Gasteiger partial charge in [-0.1, -0.05) is 0 Å². The van der Waals surface area contributed by atoms with Crippen molar-refractivity contribution < 1.29 is 39.5 Å². The molecule has 262 valence electrons. The molecule has 5 aliphatic rings. The number of nitrogens with zero attached hydrogens (tertiary/aromatic N) is 4.